The fourth-order valence-corrected chi connectivity index (χ4v) is 2.87. The van der Waals surface area contributed by atoms with Crippen LogP contribution in [-0.2, 0) is 11.3 Å². The molecule has 0 saturated carbocycles. The van der Waals surface area contributed by atoms with Crippen LogP contribution in [0.2, 0.25) is 0 Å². The van der Waals surface area contributed by atoms with Crippen molar-refractivity contribution in [2.45, 2.75) is 19.4 Å². The molecule has 1 heterocycles. The normalized spacial score (nSPS) is 12.2. The third-order valence-electron chi connectivity index (χ3n) is 4.38. The number of hydrogen-bond acceptors (Lipinski definition) is 6. The molecule has 3 rings (SSSR count). The number of hydrogen-bond donors (Lipinski definition) is 1. The van der Waals surface area contributed by atoms with Crippen molar-refractivity contribution in [3.63, 3.8) is 0 Å². The Morgan fingerprint density at radius 2 is 1.68 bits per heavy atom. The van der Waals surface area contributed by atoms with Crippen LogP contribution in [0.15, 0.2) is 36.4 Å². The summed E-state index contributed by atoms with van der Waals surface area (Å²) < 4.78 is 21.4. The van der Waals surface area contributed by atoms with E-state index >= 15 is 0 Å². The lowest BCUT2D eigenvalue weighted by molar-refractivity contribution is -0.121. The molecule has 0 spiro atoms. The second-order valence-corrected chi connectivity index (χ2v) is 6.25. The van der Waals surface area contributed by atoms with Crippen LogP contribution >= 0.6 is 0 Å². The summed E-state index contributed by atoms with van der Waals surface area (Å²) in [7, 11) is 3.13. The van der Waals surface area contributed by atoms with E-state index in [4.69, 9.17) is 18.9 Å². The average Bonchev–Trinajstić information content (AvgIpc) is 2.75. The maximum Gasteiger partial charge on any atom is 0.220 e. The molecule has 0 aliphatic carbocycles. The lowest BCUT2D eigenvalue weighted by Crippen LogP contribution is -2.23. The Labute approximate surface area is 163 Å². The second kappa shape index (κ2) is 9.12. The number of Topliss-reactive ketones (excluding diaryl/α,β-unsaturated/α-hetero) is 1. The van der Waals surface area contributed by atoms with Crippen LogP contribution in [0.4, 0.5) is 0 Å². The zero-order chi connectivity index (χ0) is 19.9. The predicted octanol–water partition coefficient (Wildman–Crippen LogP) is 2.75. The van der Waals surface area contributed by atoms with E-state index in [-0.39, 0.29) is 24.5 Å². The van der Waals surface area contributed by atoms with Crippen molar-refractivity contribution in [3.05, 3.63) is 47.5 Å². The van der Waals surface area contributed by atoms with Crippen molar-refractivity contribution in [2.75, 3.05) is 27.4 Å². The smallest absolute Gasteiger partial charge is 0.220 e. The van der Waals surface area contributed by atoms with Gasteiger partial charge in [0.05, 0.1) is 14.2 Å². The van der Waals surface area contributed by atoms with Gasteiger partial charge in [0.25, 0.3) is 0 Å². The first kappa shape index (κ1) is 19.5. The number of rotatable bonds is 8. The van der Waals surface area contributed by atoms with Gasteiger partial charge in [-0.2, -0.15) is 0 Å². The fourth-order valence-electron chi connectivity index (χ4n) is 2.87. The summed E-state index contributed by atoms with van der Waals surface area (Å²) in [5.41, 5.74) is 1.39. The van der Waals surface area contributed by atoms with Gasteiger partial charge in [0, 0.05) is 24.9 Å². The van der Waals surface area contributed by atoms with Gasteiger partial charge in [0.2, 0.25) is 5.91 Å². The Kier molecular flexibility index (Phi) is 6.37. The molecule has 1 aliphatic rings. The SMILES string of the molecule is COc1ccc(CNC(=O)CCC(=O)c2ccc3c(c2)OCCO3)cc1OC. The van der Waals surface area contributed by atoms with Crippen LogP contribution in [0.3, 0.4) is 0 Å². The van der Waals surface area contributed by atoms with Gasteiger partial charge in [-0.25, -0.2) is 0 Å². The van der Waals surface area contributed by atoms with Gasteiger partial charge in [0.15, 0.2) is 28.8 Å². The molecule has 0 aromatic heterocycles. The largest absolute Gasteiger partial charge is 0.493 e. The molecule has 0 bridgehead atoms. The van der Waals surface area contributed by atoms with Gasteiger partial charge in [-0.1, -0.05) is 6.07 Å². The molecule has 7 nitrogen and oxygen atoms in total. The molecular weight excluding hydrogens is 362 g/mol. The molecule has 1 aliphatic heterocycles. The summed E-state index contributed by atoms with van der Waals surface area (Å²) in [4.78, 5) is 24.5. The zero-order valence-electron chi connectivity index (χ0n) is 15.9. The number of methoxy groups -OCH3 is 2. The molecule has 0 unspecified atom stereocenters. The number of ether oxygens (including phenoxy) is 4. The summed E-state index contributed by atoms with van der Waals surface area (Å²) >= 11 is 0. The van der Waals surface area contributed by atoms with Crippen molar-refractivity contribution < 1.29 is 28.5 Å². The number of carbonyl (C=O) groups excluding carboxylic acids is 2. The number of ketones is 1. The van der Waals surface area contributed by atoms with Crippen molar-refractivity contribution in [1.29, 1.82) is 0 Å². The summed E-state index contributed by atoms with van der Waals surface area (Å²) in [6.45, 7) is 1.31. The highest BCUT2D eigenvalue weighted by Crippen LogP contribution is 2.31. The van der Waals surface area contributed by atoms with Gasteiger partial charge in [-0.3, -0.25) is 9.59 Å². The van der Waals surface area contributed by atoms with Crippen LogP contribution < -0.4 is 24.3 Å². The van der Waals surface area contributed by atoms with E-state index in [1.807, 2.05) is 6.07 Å². The van der Waals surface area contributed by atoms with Gasteiger partial charge in [0.1, 0.15) is 13.2 Å². The summed E-state index contributed by atoms with van der Waals surface area (Å²) in [6.07, 6.45) is 0.234. The summed E-state index contributed by atoms with van der Waals surface area (Å²) in [6, 6.07) is 10.5. The minimum Gasteiger partial charge on any atom is -0.493 e. The van der Waals surface area contributed by atoms with Crippen molar-refractivity contribution in [2.24, 2.45) is 0 Å². The average molecular weight is 385 g/mol. The molecule has 28 heavy (non-hydrogen) atoms. The molecular formula is C21H23NO6. The van der Waals surface area contributed by atoms with Crippen LogP contribution in [0.25, 0.3) is 0 Å². The Bertz CT molecular complexity index is 864. The van der Waals surface area contributed by atoms with Gasteiger partial charge in [-0.15, -0.1) is 0 Å². The van der Waals surface area contributed by atoms with Gasteiger partial charge in [-0.05, 0) is 35.9 Å². The third-order valence-corrected chi connectivity index (χ3v) is 4.38. The van der Waals surface area contributed by atoms with Gasteiger partial charge < -0.3 is 24.3 Å². The first-order valence-electron chi connectivity index (χ1n) is 9.01. The highest BCUT2D eigenvalue weighted by molar-refractivity contribution is 5.98. The first-order valence-corrected chi connectivity index (χ1v) is 9.01. The molecule has 2 aromatic rings. The van der Waals surface area contributed by atoms with E-state index in [9.17, 15) is 9.59 Å². The van der Waals surface area contributed by atoms with E-state index in [2.05, 4.69) is 5.32 Å². The van der Waals surface area contributed by atoms with Crippen LogP contribution in [0.1, 0.15) is 28.8 Å². The van der Waals surface area contributed by atoms with Crippen LogP contribution in [0, 0.1) is 0 Å². The van der Waals surface area contributed by atoms with Crippen molar-refractivity contribution in [1.82, 2.24) is 5.32 Å². The summed E-state index contributed by atoms with van der Waals surface area (Å²) in [5.74, 6) is 2.12. The third kappa shape index (κ3) is 4.73. The standard InChI is InChI=1S/C21H23NO6/c1-25-17-6-3-14(11-19(17)26-2)13-22-21(24)8-5-16(23)15-4-7-18-20(12-15)28-10-9-27-18/h3-4,6-7,11-12H,5,8-10,13H2,1-2H3,(H,22,24). The van der Waals surface area contributed by atoms with E-state index in [1.165, 1.54) is 0 Å². The lowest BCUT2D eigenvalue weighted by Gasteiger charge is -2.18. The molecule has 0 atom stereocenters. The van der Waals surface area contributed by atoms with Crippen molar-refractivity contribution in [3.8, 4) is 23.0 Å². The van der Waals surface area contributed by atoms with E-state index in [0.29, 0.717) is 48.3 Å². The Morgan fingerprint density at radius 3 is 2.43 bits per heavy atom. The van der Waals surface area contributed by atoms with E-state index < -0.39 is 0 Å². The predicted molar refractivity (Wildman–Crippen MR) is 102 cm³/mol. The molecule has 1 N–H and O–H groups in total. The highest BCUT2D eigenvalue weighted by Gasteiger charge is 2.16. The Balaban J connectivity index is 1.49. The molecule has 7 heteroatoms. The lowest BCUT2D eigenvalue weighted by atomic mass is 10.1. The summed E-state index contributed by atoms with van der Waals surface area (Å²) in [5, 5.41) is 2.81. The zero-order valence-corrected chi connectivity index (χ0v) is 15.9. The first-order chi connectivity index (χ1) is 13.6. The Morgan fingerprint density at radius 1 is 0.929 bits per heavy atom. The molecule has 0 fully saturated rings. The maximum atomic E-state index is 12.4. The number of nitrogens with one attached hydrogen (secondary N) is 1. The quantitative estimate of drug-likeness (QED) is 0.704. The monoisotopic (exact) mass is 385 g/mol. The minimum atomic E-state index is -0.194. The van der Waals surface area contributed by atoms with E-state index in [0.717, 1.165) is 5.56 Å². The highest BCUT2D eigenvalue weighted by atomic mass is 16.6. The fraction of sp³-hybridized carbons (Fsp3) is 0.333. The number of carbonyl (C=O) groups is 2. The van der Waals surface area contributed by atoms with Crippen LogP contribution in [-0.4, -0.2) is 39.1 Å². The van der Waals surface area contributed by atoms with Crippen LogP contribution in [0.5, 0.6) is 23.0 Å². The number of fused-ring (bicyclic) bond motifs is 1. The number of amides is 1. The molecule has 148 valence electrons. The minimum absolute atomic E-state index is 0.112. The maximum absolute atomic E-state index is 12.4. The molecule has 2 aromatic carbocycles. The van der Waals surface area contributed by atoms with Gasteiger partial charge >= 0.3 is 0 Å². The second-order valence-electron chi connectivity index (χ2n) is 6.25. The molecule has 1 amide bonds. The Hall–Kier alpha value is -3.22. The molecule has 0 radical (unpaired) electrons. The van der Waals surface area contributed by atoms with Crippen molar-refractivity contribution >= 4 is 11.7 Å². The van der Waals surface area contributed by atoms with E-state index in [1.54, 1.807) is 44.6 Å². The topological polar surface area (TPSA) is 83.1 Å². The number of benzene rings is 2. The molecule has 0 saturated heterocycles.